The Balaban J connectivity index is 2.06. The van der Waals surface area contributed by atoms with E-state index in [9.17, 15) is 0 Å². The van der Waals surface area contributed by atoms with E-state index in [-0.39, 0.29) is 0 Å². The van der Waals surface area contributed by atoms with Gasteiger partial charge in [0, 0.05) is 18.5 Å². The van der Waals surface area contributed by atoms with Crippen molar-refractivity contribution in [1.82, 2.24) is 15.1 Å². The number of hydrogen-bond acceptors (Lipinski definition) is 2. The molecule has 1 N–H and O–H groups in total. The molecule has 2 rings (SSSR count). The van der Waals surface area contributed by atoms with Gasteiger partial charge in [0.25, 0.3) is 0 Å². The molecular formula is C17H25N3. The molecule has 3 nitrogen and oxygen atoms in total. The number of para-hydroxylation sites is 1. The number of aromatic nitrogens is 2. The molecule has 0 spiro atoms. The van der Waals surface area contributed by atoms with Crippen LogP contribution in [0.3, 0.4) is 0 Å². The first kappa shape index (κ1) is 14.8. The molecule has 108 valence electrons. The fraction of sp³-hybridized carbons (Fsp3) is 0.471. The molecule has 0 amide bonds. The highest BCUT2D eigenvalue weighted by Gasteiger charge is 2.08. The van der Waals surface area contributed by atoms with E-state index < -0.39 is 0 Å². The number of unbranched alkanes of at least 4 members (excludes halogenated alkanes) is 3. The standard InChI is InChI=1S/C17H25N3/c1-3-5-6-7-10-13-20-17-12-9-8-11-15(17)16(19-20)14-18-4-2/h3,8-9,11-12,18H,1,4-7,10,13-14H2,2H3. The molecule has 0 saturated carbocycles. The number of hydrogen-bond donors (Lipinski definition) is 1. The maximum Gasteiger partial charge on any atom is 0.0841 e. The van der Waals surface area contributed by atoms with Crippen molar-refractivity contribution < 1.29 is 0 Å². The van der Waals surface area contributed by atoms with E-state index in [4.69, 9.17) is 5.10 Å². The second kappa shape index (κ2) is 7.85. The zero-order valence-electron chi connectivity index (χ0n) is 12.4. The van der Waals surface area contributed by atoms with Gasteiger partial charge in [0.1, 0.15) is 0 Å². The number of nitrogens with zero attached hydrogens (tertiary/aromatic N) is 2. The van der Waals surface area contributed by atoms with Crippen molar-refractivity contribution >= 4 is 10.9 Å². The largest absolute Gasteiger partial charge is 0.311 e. The SMILES string of the molecule is C=CCCCCCn1nc(CNCC)c2ccccc21. The molecule has 0 aliphatic rings. The lowest BCUT2D eigenvalue weighted by atomic mass is 10.2. The third-order valence-corrected chi connectivity index (χ3v) is 3.56. The van der Waals surface area contributed by atoms with Gasteiger partial charge in [0.2, 0.25) is 0 Å². The zero-order chi connectivity index (χ0) is 14.2. The Morgan fingerprint density at radius 1 is 1.25 bits per heavy atom. The average Bonchev–Trinajstić information content (AvgIpc) is 2.83. The first-order valence-electron chi connectivity index (χ1n) is 7.63. The Morgan fingerprint density at radius 3 is 2.90 bits per heavy atom. The van der Waals surface area contributed by atoms with Crippen molar-refractivity contribution in [2.24, 2.45) is 0 Å². The van der Waals surface area contributed by atoms with E-state index in [0.717, 1.165) is 31.7 Å². The molecule has 0 bridgehead atoms. The molecule has 20 heavy (non-hydrogen) atoms. The second-order valence-electron chi connectivity index (χ2n) is 5.11. The zero-order valence-corrected chi connectivity index (χ0v) is 12.4. The lowest BCUT2D eigenvalue weighted by Gasteiger charge is -2.03. The van der Waals surface area contributed by atoms with Gasteiger partial charge in [-0.2, -0.15) is 5.10 Å². The molecule has 0 aliphatic carbocycles. The van der Waals surface area contributed by atoms with Crippen LogP contribution in [0.5, 0.6) is 0 Å². The maximum atomic E-state index is 4.78. The quantitative estimate of drug-likeness (QED) is 0.554. The number of allylic oxidation sites excluding steroid dienone is 1. The van der Waals surface area contributed by atoms with Crippen LogP contribution in [0.1, 0.15) is 38.3 Å². The lowest BCUT2D eigenvalue weighted by Crippen LogP contribution is -2.12. The summed E-state index contributed by atoms with van der Waals surface area (Å²) in [5, 5.41) is 9.42. The third-order valence-electron chi connectivity index (χ3n) is 3.56. The summed E-state index contributed by atoms with van der Waals surface area (Å²) in [6.45, 7) is 8.71. The minimum atomic E-state index is 0.848. The first-order chi connectivity index (χ1) is 9.86. The van der Waals surface area contributed by atoms with Crippen molar-refractivity contribution in [3.8, 4) is 0 Å². The number of aryl methyl sites for hydroxylation is 1. The second-order valence-corrected chi connectivity index (χ2v) is 5.11. The van der Waals surface area contributed by atoms with Crippen molar-refractivity contribution in [2.45, 2.75) is 45.7 Å². The minimum absolute atomic E-state index is 0.848. The Bertz CT molecular complexity index is 542. The van der Waals surface area contributed by atoms with Crippen molar-refractivity contribution in [1.29, 1.82) is 0 Å². The summed E-state index contributed by atoms with van der Waals surface area (Å²) in [4.78, 5) is 0. The van der Waals surface area contributed by atoms with Crippen LogP contribution in [0.2, 0.25) is 0 Å². The molecule has 0 fully saturated rings. The predicted molar refractivity (Wildman–Crippen MR) is 85.8 cm³/mol. The van der Waals surface area contributed by atoms with E-state index in [1.165, 1.54) is 30.2 Å². The third kappa shape index (κ3) is 3.70. The minimum Gasteiger partial charge on any atom is -0.311 e. The summed E-state index contributed by atoms with van der Waals surface area (Å²) in [5.74, 6) is 0. The maximum absolute atomic E-state index is 4.78. The normalized spacial score (nSPS) is 11.1. The van der Waals surface area contributed by atoms with Crippen molar-refractivity contribution in [3.05, 3.63) is 42.6 Å². The molecule has 2 aromatic rings. The van der Waals surface area contributed by atoms with Gasteiger partial charge in [0.15, 0.2) is 0 Å². The number of benzene rings is 1. The van der Waals surface area contributed by atoms with Gasteiger partial charge in [-0.15, -0.1) is 6.58 Å². The van der Waals surface area contributed by atoms with Gasteiger partial charge in [-0.05, 0) is 31.9 Å². The van der Waals surface area contributed by atoms with Crippen LogP contribution in [0.25, 0.3) is 10.9 Å². The van der Waals surface area contributed by atoms with Crippen molar-refractivity contribution in [2.75, 3.05) is 6.54 Å². The van der Waals surface area contributed by atoms with Crippen LogP contribution in [0, 0.1) is 0 Å². The number of fused-ring (bicyclic) bond motifs is 1. The topological polar surface area (TPSA) is 29.9 Å². The van der Waals surface area contributed by atoms with Crippen LogP contribution in [-0.2, 0) is 13.1 Å². The summed E-state index contributed by atoms with van der Waals surface area (Å²) in [6.07, 6.45) is 6.76. The summed E-state index contributed by atoms with van der Waals surface area (Å²) < 4.78 is 2.16. The Labute approximate surface area is 121 Å². The summed E-state index contributed by atoms with van der Waals surface area (Å²) in [5.41, 5.74) is 2.41. The van der Waals surface area contributed by atoms with E-state index in [1.54, 1.807) is 0 Å². The molecule has 0 unspecified atom stereocenters. The molecule has 0 radical (unpaired) electrons. The molecule has 3 heteroatoms. The van der Waals surface area contributed by atoms with E-state index in [1.807, 2.05) is 6.08 Å². The Hall–Kier alpha value is -1.61. The van der Waals surface area contributed by atoms with Crippen LogP contribution >= 0.6 is 0 Å². The smallest absolute Gasteiger partial charge is 0.0841 e. The average molecular weight is 271 g/mol. The fourth-order valence-electron chi connectivity index (χ4n) is 2.47. The number of nitrogens with one attached hydrogen (secondary N) is 1. The summed E-state index contributed by atoms with van der Waals surface area (Å²) in [7, 11) is 0. The monoisotopic (exact) mass is 271 g/mol. The summed E-state index contributed by atoms with van der Waals surface area (Å²) in [6, 6.07) is 8.52. The molecule has 1 heterocycles. The summed E-state index contributed by atoms with van der Waals surface area (Å²) >= 11 is 0. The van der Waals surface area contributed by atoms with E-state index in [0.29, 0.717) is 0 Å². The predicted octanol–water partition coefficient (Wildman–Crippen LogP) is 3.89. The van der Waals surface area contributed by atoms with Crippen LogP contribution in [0.15, 0.2) is 36.9 Å². The molecule has 0 aliphatic heterocycles. The molecule has 1 aromatic carbocycles. The van der Waals surface area contributed by atoms with Crippen molar-refractivity contribution in [3.63, 3.8) is 0 Å². The van der Waals surface area contributed by atoms with Gasteiger partial charge in [-0.3, -0.25) is 4.68 Å². The van der Waals surface area contributed by atoms with Crippen LogP contribution in [-0.4, -0.2) is 16.3 Å². The van der Waals surface area contributed by atoms with E-state index in [2.05, 4.69) is 47.8 Å². The van der Waals surface area contributed by atoms with Gasteiger partial charge in [0.05, 0.1) is 11.2 Å². The first-order valence-corrected chi connectivity index (χ1v) is 7.63. The molecule has 0 atom stereocenters. The van der Waals surface area contributed by atoms with E-state index >= 15 is 0 Å². The van der Waals surface area contributed by atoms with Gasteiger partial charge < -0.3 is 5.32 Å². The highest BCUT2D eigenvalue weighted by molar-refractivity contribution is 5.81. The Morgan fingerprint density at radius 2 is 2.10 bits per heavy atom. The molecular weight excluding hydrogens is 246 g/mol. The molecule has 1 aromatic heterocycles. The van der Waals surface area contributed by atoms with Gasteiger partial charge in [-0.25, -0.2) is 0 Å². The lowest BCUT2D eigenvalue weighted by molar-refractivity contribution is 0.550. The highest BCUT2D eigenvalue weighted by atomic mass is 15.3. The van der Waals surface area contributed by atoms with Gasteiger partial charge >= 0.3 is 0 Å². The van der Waals surface area contributed by atoms with Crippen LogP contribution < -0.4 is 5.32 Å². The number of rotatable bonds is 9. The molecule has 0 saturated heterocycles. The highest BCUT2D eigenvalue weighted by Crippen LogP contribution is 2.19. The van der Waals surface area contributed by atoms with Gasteiger partial charge in [-0.1, -0.05) is 37.6 Å². The fourth-order valence-corrected chi connectivity index (χ4v) is 2.47. The van der Waals surface area contributed by atoms with Crippen LogP contribution in [0.4, 0.5) is 0 Å². The Kier molecular flexibility index (Phi) is 5.81.